The molecule has 0 saturated carbocycles. The molecule has 0 aliphatic rings. The SMILES string of the molecule is O=c1c(Cl)c(C(F)(F)F)nc(Nc2cc(C(F)(F)F)cc(C(F)(F)F)c2Cl)n1Cc1ccccc1. The predicted octanol–water partition coefficient (Wildman–Crippen LogP) is 7.40. The first-order valence-electron chi connectivity index (χ1n) is 9.16. The highest BCUT2D eigenvalue weighted by Crippen LogP contribution is 2.43. The fourth-order valence-corrected chi connectivity index (χ4v) is 3.45. The number of nitrogens with zero attached hydrogens (tertiary/aromatic N) is 2. The summed E-state index contributed by atoms with van der Waals surface area (Å²) in [5, 5.41) is -0.697. The maximum absolute atomic E-state index is 13.4. The van der Waals surface area contributed by atoms with Crippen molar-refractivity contribution in [1.82, 2.24) is 9.55 Å². The molecule has 0 radical (unpaired) electrons. The van der Waals surface area contributed by atoms with Crippen LogP contribution >= 0.6 is 23.2 Å². The van der Waals surface area contributed by atoms with Gasteiger partial charge in [-0.15, -0.1) is 0 Å². The minimum absolute atomic E-state index is 0.151. The number of alkyl halides is 9. The maximum Gasteiger partial charge on any atom is 0.435 e. The van der Waals surface area contributed by atoms with Crippen LogP contribution in [0.5, 0.6) is 0 Å². The van der Waals surface area contributed by atoms with E-state index in [1.807, 2.05) is 5.32 Å². The number of hydrogen-bond acceptors (Lipinski definition) is 3. The van der Waals surface area contributed by atoms with Gasteiger partial charge in [-0.2, -0.15) is 39.5 Å². The number of hydrogen-bond donors (Lipinski definition) is 1. The number of aromatic nitrogens is 2. The van der Waals surface area contributed by atoms with E-state index in [4.69, 9.17) is 23.2 Å². The summed E-state index contributed by atoms with van der Waals surface area (Å²) in [5.41, 5.74) is -7.79. The summed E-state index contributed by atoms with van der Waals surface area (Å²) >= 11 is 11.2. The molecule has 15 heteroatoms. The quantitative estimate of drug-likeness (QED) is 0.345. The van der Waals surface area contributed by atoms with Gasteiger partial charge in [0.1, 0.15) is 5.02 Å². The molecule has 35 heavy (non-hydrogen) atoms. The summed E-state index contributed by atoms with van der Waals surface area (Å²) < 4.78 is 120. The van der Waals surface area contributed by atoms with Gasteiger partial charge in [0.15, 0.2) is 5.69 Å². The molecule has 0 unspecified atom stereocenters. The standard InChI is InChI=1S/C20H10Cl2F9N3O/c21-13-11(19(26,27)28)6-10(18(23,24)25)7-12(13)32-17-33-15(20(29,30)31)14(22)16(35)34(17)8-9-4-2-1-3-5-9/h1-7H,8H2,(H,32,33). The lowest BCUT2D eigenvalue weighted by atomic mass is 10.1. The van der Waals surface area contributed by atoms with Gasteiger partial charge in [-0.3, -0.25) is 9.36 Å². The van der Waals surface area contributed by atoms with Gasteiger partial charge in [-0.1, -0.05) is 53.5 Å². The third-order valence-corrected chi connectivity index (χ3v) is 5.27. The lowest BCUT2D eigenvalue weighted by Crippen LogP contribution is -2.29. The summed E-state index contributed by atoms with van der Waals surface area (Å²) in [6.45, 7) is -0.477. The van der Waals surface area contributed by atoms with Crippen molar-refractivity contribution in [3.63, 3.8) is 0 Å². The molecule has 0 atom stereocenters. The molecule has 0 fully saturated rings. The van der Waals surface area contributed by atoms with Crippen LogP contribution in [0.1, 0.15) is 22.4 Å². The summed E-state index contributed by atoms with van der Waals surface area (Å²) in [6.07, 6.45) is -15.9. The monoisotopic (exact) mass is 549 g/mol. The Labute approximate surface area is 199 Å². The molecule has 0 saturated heterocycles. The van der Waals surface area contributed by atoms with Gasteiger partial charge < -0.3 is 5.32 Å². The summed E-state index contributed by atoms with van der Waals surface area (Å²) in [7, 11) is 0. The third kappa shape index (κ3) is 5.84. The molecule has 0 aliphatic carbocycles. The van der Waals surface area contributed by atoms with Gasteiger partial charge in [0.2, 0.25) is 5.95 Å². The van der Waals surface area contributed by atoms with Crippen LogP contribution in [0, 0.1) is 0 Å². The second-order valence-corrected chi connectivity index (χ2v) is 7.73. The van der Waals surface area contributed by atoms with Crippen LogP contribution in [0.4, 0.5) is 51.1 Å². The van der Waals surface area contributed by atoms with E-state index >= 15 is 0 Å². The Morgan fingerprint density at radius 2 is 1.43 bits per heavy atom. The summed E-state index contributed by atoms with van der Waals surface area (Å²) in [4.78, 5) is 15.8. The highest BCUT2D eigenvalue weighted by atomic mass is 35.5. The van der Waals surface area contributed by atoms with Crippen LogP contribution in [0.25, 0.3) is 0 Å². The van der Waals surface area contributed by atoms with Crippen molar-refractivity contribution in [3.05, 3.63) is 85.2 Å². The van der Waals surface area contributed by atoms with Crippen molar-refractivity contribution in [2.24, 2.45) is 0 Å². The van der Waals surface area contributed by atoms with Crippen molar-refractivity contribution >= 4 is 34.8 Å². The normalized spacial score (nSPS) is 12.7. The number of nitrogens with one attached hydrogen (secondary N) is 1. The second-order valence-electron chi connectivity index (χ2n) is 6.98. The molecular weight excluding hydrogens is 540 g/mol. The van der Waals surface area contributed by atoms with Crippen molar-refractivity contribution in [2.75, 3.05) is 5.32 Å². The van der Waals surface area contributed by atoms with E-state index < -0.39 is 69.1 Å². The van der Waals surface area contributed by atoms with Gasteiger partial charge >= 0.3 is 18.5 Å². The number of rotatable bonds is 4. The Hall–Kier alpha value is -2.93. The van der Waals surface area contributed by atoms with E-state index in [9.17, 15) is 44.3 Å². The largest absolute Gasteiger partial charge is 0.435 e. The second kappa shape index (κ2) is 9.26. The molecule has 0 spiro atoms. The molecule has 4 nitrogen and oxygen atoms in total. The Kier molecular flexibility index (Phi) is 7.06. The van der Waals surface area contributed by atoms with E-state index in [1.165, 1.54) is 24.3 Å². The molecule has 3 rings (SSSR count). The van der Waals surface area contributed by atoms with Gasteiger partial charge in [-0.25, -0.2) is 4.98 Å². The minimum atomic E-state index is -5.34. The average Bonchev–Trinajstić information content (AvgIpc) is 2.72. The Morgan fingerprint density at radius 3 is 1.94 bits per heavy atom. The fourth-order valence-electron chi connectivity index (χ4n) is 2.93. The fraction of sp³-hybridized carbons (Fsp3) is 0.200. The van der Waals surface area contributed by atoms with Crippen LogP contribution in [0.3, 0.4) is 0 Å². The molecule has 2 aromatic carbocycles. The van der Waals surface area contributed by atoms with Crippen LogP contribution in [0.2, 0.25) is 10.0 Å². The Morgan fingerprint density at radius 1 is 0.829 bits per heavy atom. The van der Waals surface area contributed by atoms with Crippen molar-refractivity contribution < 1.29 is 39.5 Å². The number of benzene rings is 2. The van der Waals surface area contributed by atoms with Gasteiger partial charge in [0.05, 0.1) is 28.4 Å². The molecule has 1 N–H and O–H groups in total. The predicted molar refractivity (Wildman–Crippen MR) is 109 cm³/mol. The molecule has 0 aliphatic heterocycles. The van der Waals surface area contributed by atoms with Crippen LogP contribution < -0.4 is 10.9 Å². The zero-order chi connectivity index (χ0) is 26.3. The first-order valence-corrected chi connectivity index (χ1v) is 9.92. The van der Waals surface area contributed by atoms with Crippen LogP contribution in [-0.2, 0) is 25.1 Å². The van der Waals surface area contributed by atoms with Crippen molar-refractivity contribution in [1.29, 1.82) is 0 Å². The summed E-state index contributed by atoms with van der Waals surface area (Å²) in [5.74, 6) is -1.04. The summed E-state index contributed by atoms with van der Waals surface area (Å²) in [6, 6.07) is 7.45. The number of anilines is 2. The highest BCUT2D eigenvalue weighted by molar-refractivity contribution is 6.34. The molecule has 188 valence electrons. The van der Waals surface area contributed by atoms with E-state index in [2.05, 4.69) is 4.98 Å². The number of halogens is 11. The molecule has 1 heterocycles. The zero-order valence-electron chi connectivity index (χ0n) is 16.7. The van der Waals surface area contributed by atoms with Crippen molar-refractivity contribution in [2.45, 2.75) is 25.1 Å². The van der Waals surface area contributed by atoms with E-state index in [1.54, 1.807) is 6.07 Å². The lowest BCUT2D eigenvalue weighted by molar-refractivity contribution is -0.143. The first-order chi connectivity index (χ1) is 16.0. The molecule has 0 bridgehead atoms. The minimum Gasteiger partial charge on any atom is -0.324 e. The Balaban J connectivity index is 2.28. The first kappa shape index (κ1) is 26.7. The smallest absolute Gasteiger partial charge is 0.324 e. The highest BCUT2D eigenvalue weighted by Gasteiger charge is 2.41. The zero-order valence-corrected chi connectivity index (χ0v) is 18.2. The van der Waals surface area contributed by atoms with E-state index in [0.29, 0.717) is 10.1 Å². The van der Waals surface area contributed by atoms with Crippen LogP contribution in [0.15, 0.2) is 47.3 Å². The molecular formula is C20H10Cl2F9N3O. The van der Waals surface area contributed by atoms with Gasteiger partial charge in [0.25, 0.3) is 5.56 Å². The maximum atomic E-state index is 13.4. The van der Waals surface area contributed by atoms with E-state index in [0.717, 1.165) is 0 Å². The van der Waals surface area contributed by atoms with Gasteiger partial charge in [0, 0.05) is 0 Å². The topological polar surface area (TPSA) is 46.9 Å². The molecule has 3 aromatic rings. The van der Waals surface area contributed by atoms with Crippen LogP contribution in [-0.4, -0.2) is 9.55 Å². The lowest BCUT2D eigenvalue weighted by Gasteiger charge is -2.20. The van der Waals surface area contributed by atoms with E-state index in [-0.39, 0.29) is 12.1 Å². The van der Waals surface area contributed by atoms with Crippen molar-refractivity contribution in [3.8, 4) is 0 Å². The van der Waals surface area contributed by atoms with Gasteiger partial charge in [-0.05, 0) is 17.7 Å². The average molecular weight is 550 g/mol. The Bertz CT molecular complexity index is 1300. The molecule has 0 amide bonds. The third-order valence-electron chi connectivity index (χ3n) is 4.52. The molecule has 1 aromatic heterocycles.